The van der Waals surface area contributed by atoms with Gasteiger partial charge >= 0.3 is 0 Å². The molecule has 1 aliphatic carbocycles. The lowest BCUT2D eigenvalue weighted by atomic mass is 9.96. The molecule has 0 radical (unpaired) electrons. The smallest absolute Gasteiger partial charge is 0.246 e. The van der Waals surface area contributed by atoms with Crippen LogP contribution in [-0.4, -0.2) is 112 Å². The summed E-state index contributed by atoms with van der Waals surface area (Å²) in [7, 11) is 0. The molecule has 0 aromatic heterocycles. The second-order valence-corrected chi connectivity index (χ2v) is 15.6. The molecule has 1 saturated heterocycles. The Morgan fingerprint density at radius 2 is 1.39 bits per heavy atom. The van der Waals surface area contributed by atoms with Gasteiger partial charge in [-0.1, -0.05) is 52.7 Å². The van der Waals surface area contributed by atoms with E-state index in [-0.39, 0.29) is 37.8 Å². The molecule has 3 rings (SSSR count). The molecule has 0 aromatic carbocycles. The molecule has 0 spiro atoms. The summed E-state index contributed by atoms with van der Waals surface area (Å²) in [5.41, 5.74) is 41.2. The highest BCUT2D eigenvalue weighted by Crippen LogP contribution is 2.31. The Hall–Kier alpha value is -6.23. The fourth-order valence-electron chi connectivity index (χ4n) is 6.96. The van der Waals surface area contributed by atoms with Gasteiger partial charge in [-0.3, -0.25) is 48.4 Å². The minimum Gasteiger partial charge on any atom is -0.370 e. The van der Waals surface area contributed by atoms with Gasteiger partial charge in [-0.15, -0.1) is 5.53 Å². The quantitative estimate of drug-likeness (QED) is 0.0249. The van der Waals surface area contributed by atoms with E-state index in [0.29, 0.717) is 25.7 Å². The number of carbonyl (C=O) groups is 8. The maximum absolute atomic E-state index is 14.3. The van der Waals surface area contributed by atoms with Gasteiger partial charge in [0.2, 0.25) is 47.3 Å². The second-order valence-electron chi connectivity index (χ2n) is 15.6. The van der Waals surface area contributed by atoms with Crippen molar-refractivity contribution < 1.29 is 38.4 Å². The third kappa shape index (κ3) is 14.2. The van der Waals surface area contributed by atoms with E-state index in [1.165, 1.54) is 4.90 Å². The summed E-state index contributed by atoms with van der Waals surface area (Å²) in [6, 6.07) is -7.89. The van der Waals surface area contributed by atoms with E-state index in [1.807, 2.05) is 24.4 Å². The van der Waals surface area contributed by atoms with Gasteiger partial charge in [0.05, 0.1) is 24.6 Å². The number of nitrogens with two attached hydrogens (primary N) is 6. The normalized spacial score (nSPS) is 20.3. The lowest BCUT2D eigenvalue weighted by Gasteiger charge is -2.32. The molecule has 61 heavy (non-hydrogen) atoms. The molecule has 2 heterocycles. The lowest BCUT2D eigenvalue weighted by molar-refractivity contribution is -0.142. The van der Waals surface area contributed by atoms with E-state index in [0.717, 1.165) is 11.4 Å². The molecule has 23 nitrogen and oxygen atoms in total. The van der Waals surface area contributed by atoms with E-state index in [4.69, 9.17) is 34.4 Å². The zero-order valence-corrected chi connectivity index (χ0v) is 35.1. The van der Waals surface area contributed by atoms with Crippen LogP contribution in [0.2, 0.25) is 0 Å². The van der Waals surface area contributed by atoms with Crippen molar-refractivity contribution in [3.63, 3.8) is 0 Å². The Morgan fingerprint density at radius 3 is 1.93 bits per heavy atom. The highest BCUT2D eigenvalue weighted by Gasteiger charge is 2.45. The minimum absolute atomic E-state index is 0.0836. The average molecular weight is 858 g/mol. The van der Waals surface area contributed by atoms with Crippen LogP contribution in [0.4, 0.5) is 0 Å². The van der Waals surface area contributed by atoms with Crippen LogP contribution in [0, 0.1) is 17.8 Å². The number of hydrazine groups is 2. The molecule has 0 bridgehead atoms. The van der Waals surface area contributed by atoms with E-state index in [2.05, 4.69) is 37.2 Å². The van der Waals surface area contributed by atoms with E-state index in [1.54, 1.807) is 32.7 Å². The summed E-state index contributed by atoms with van der Waals surface area (Å²) in [4.78, 5) is 111. The van der Waals surface area contributed by atoms with Crippen molar-refractivity contribution in [3.8, 4) is 0 Å². The molecule has 3 aliphatic rings. The number of primary amides is 3. The average Bonchev–Trinajstić information content (AvgIpc) is 4.00. The van der Waals surface area contributed by atoms with Gasteiger partial charge in [0, 0.05) is 37.3 Å². The van der Waals surface area contributed by atoms with E-state index < -0.39 is 108 Å². The number of guanidine groups is 1. The lowest BCUT2D eigenvalue weighted by Crippen LogP contribution is -2.61. The molecule has 0 saturated carbocycles. The highest BCUT2D eigenvalue weighted by molar-refractivity contribution is 5.99. The Kier molecular flexibility index (Phi) is 18.5. The highest BCUT2D eigenvalue weighted by atomic mass is 16.2. The number of aliphatic imine (C=N–C) groups is 1. The maximum atomic E-state index is 14.3. The first-order valence-electron chi connectivity index (χ1n) is 20.3. The zero-order chi connectivity index (χ0) is 45.6. The molecule has 1 unspecified atom stereocenters. The number of nitrogens with zero attached hydrogens (tertiary/aromatic N) is 3. The molecule has 23 heteroatoms. The molecular weight excluding hydrogens is 795 g/mol. The molecular formula is C38H63N15O8. The van der Waals surface area contributed by atoms with Crippen molar-refractivity contribution in [2.45, 2.75) is 115 Å². The SMILES string of the molecule is CC[C@H](C)[C@H](NC(=O)[C@@H](N)CCCN=C(N)N)C(=O)N[C@@H](CC(N)=O)C(=O)N[C@@H](CC(N)=O)C(=O)N[C@H](C(=O)N1CC(C2=CN(C3=CC=CC3)NN2)C[C@H]1C(N)=O)[C@@H](C)CC. The molecule has 8 amide bonds. The third-order valence-electron chi connectivity index (χ3n) is 11.0. The largest absolute Gasteiger partial charge is 0.370 e. The maximum Gasteiger partial charge on any atom is 0.246 e. The van der Waals surface area contributed by atoms with Crippen molar-refractivity contribution in [1.82, 2.24) is 42.1 Å². The number of carbonyl (C=O) groups excluding carboxylic acids is 8. The predicted octanol–water partition coefficient (Wildman–Crippen LogP) is -4.14. The summed E-state index contributed by atoms with van der Waals surface area (Å²) < 4.78 is 0. The van der Waals surface area contributed by atoms with Crippen molar-refractivity contribution in [2.75, 3.05) is 13.1 Å². The van der Waals surface area contributed by atoms with Gasteiger partial charge < -0.3 is 66.0 Å². The van der Waals surface area contributed by atoms with Crippen molar-refractivity contribution in [3.05, 3.63) is 35.8 Å². The van der Waals surface area contributed by atoms with Gasteiger partial charge in [0.25, 0.3) is 0 Å². The van der Waals surface area contributed by atoms with Crippen LogP contribution in [0.3, 0.4) is 0 Å². The predicted molar refractivity (Wildman–Crippen MR) is 223 cm³/mol. The van der Waals surface area contributed by atoms with E-state index in [9.17, 15) is 38.4 Å². The Balaban J connectivity index is 1.79. The molecule has 18 N–H and O–H groups in total. The minimum atomic E-state index is -1.69. The number of hydrogen-bond donors (Lipinski definition) is 12. The molecule has 1 fully saturated rings. The number of likely N-dealkylation sites (tertiary alicyclic amines) is 1. The first-order chi connectivity index (χ1) is 28.8. The summed E-state index contributed by atoms with van der Waals surface area (Å²) in [6.45, 7) is 7.24. The standard InChI is InChI=1S/C38H63N15O8/c1-5-19(3)30(48-33(57)23(39)12-9-13-45-38(43)44)36(60)47-24(15-28(40)54)34(58)46-25(16-29(41)55)35(59)49-31(20(4)6-2)37(61)52-17-21(14-27(52)32(42)56)26-18-53(51-50-26)22-10-7-8-11-22/h7-8,10,18-21,23-25,27,30-31,50-51H,5-6,9,11-17,39H2,1-4H3,(H2,40,54)(H2,41,55)(H2,42,56)(H,46,58)(H,47,60)(H,48,57)(H,49,59)(H4,43,44,45)/t19-,20-,21?,23-,24-,25-,27-,30-,31-/m0/s1. The Bertz CT molecular complexity index is 1780. The Labute approximate surface area is 354 Å². The summed E-state index contributed by atoms with van der Waals surface area (Å²) in [5, 5.41) is 11.8. The van der Waals surface area contributed by atoms with Gasteiger partial charge in [0.15, 0.2) is 5.96 Å². The van der Waals surface area contributed by atoms with Crippen LogP contribution in [0.25, 0.3) is 0 Å². The molecule has 9 atom stereocenters. The van der Waals surface area contributed by atoms with Crippen molar-refractivity contribution >= 4 is 53.2 Å². The van der Waals surface area contributed by atoms with E-state index >= 15 is 0 Å². The van der Waals surface area contributed by atoms with Crippen LogP contribution in [0.15, 0.2) is 40.8 Å². The summed E-state index contributed by atoms with van der Waals surface area (Å²) in [6.07, 6.45) is 8.49. The molecule has 0 aromatic rings. The third-order valence-corrected chi connectivity index (χ3v) is 11.0. The first-order valence-corrected chi connectivity index (χ1v) is 20.3. The summed E-state index contributed by atoms with van der Waals surface area (Å²) in [5.74, 6) is -8.40. The molecule has 2 aliphatic heterocycles. The number of hydrogen-bond acceptors (Lipinski definition) is 13. The van der Waals surface area contributed by atoms with Crippen LogP contribution in [0.1, 0.15) is 79.1 Å². The van der Waals surface area contributed by atoms with Gasteiger partial charge in [0.1, 0.15) is 30.2 Å². The summed E-state index contributed by atoms with van der Waals surface area (Å²) >= 11 is 0. The van der Waals surface area contributed by atoms with Crippen LogP contribution >= 0.6 is 0 Å². The number of amides is 8. The fourth-order valence-corrected chi connectivity index (χ4v) is 6.96. The topological polar surface area (TPSA) is 384 Å². The van der Waals surface area contributed by atoms with Crippen molar-refractivity contribution in [2.24, 2.45) is 57.1 Å². The first kappa shape index (κ1) is 49.1. The number of allylic oxidation sites excluding steroid dienone is 3. The van der Waals surface area contributed by atoms with Crippen LogP contribution in [0.5, 0.6) is 0 Å². The van der Waals surface area contributed by atoms with Gasteiger partial charge in [-0.05, 0) is 37.2 Å². The Morgan fingerprint density at radius 1 is 0.820 bits per heavy atom. The number of rotatable bonds is 24. The van der Waals surface area contributed by atoms with Gasteiger partial charge in [-0.25, -0.2) is 0 Å². The van der Waals surface area contributed by atoms with Crippen LogP contribution in [-0.2, 0) is 38.4 Å². The molecule has 338 valence electrons. The second kappa shape index (κ2) is 23.0. The number of nitrogens with one attached hydrogen (secondary N) is 6. The zero-order valence-electron chi connectivity index (χ0n) is 35.1. The fraction of sp³-hybridized carbons (Fsp3) is 0.605. The van der Waals surface area contributed by atoms with Gasteiger partial charge in [-0.2, -0.15) is 0 Å². The monoisotopic (exact) mass is 857 g/mol. The van der Waals surface area contributed by atoms with Crippen LogP contribution < -0.4 is 66.6 Å². The van der Waals surface area contributed by atoms with Crippen molar-refractivity contribution in [1.29, 1.82) is 0 Å².